The van der Waals surface area contributed by atoms with Gasteiger partial charge >= 0.3 is 0 Å². The topological polar surface area (TPSA) is 66.5 Å². The van der Waals surface area contributed by atoms with Crippen LogP contribution in [0.5, 0.6) is 0 Å². The average molecular weight is 469 g/mol. The van der Waals surface area contributed by atoms with Crippen molar-refractivity contribution in [3.05, 3.63) is 83.9 Å². The zero-order chi connectivity index (χ0) is 24.3. The monoisotopic (exact) mass is 468 g/mol. The summed E-state index contributed by atoms with van der Waals surface area (Å²) in [6, 6.07) is 24.1. The van der Waals surface area contributed by atoms with Gasteiger partial charge in [-0.2, -0.15) is 0 Å². The molecule has 2 aliphatic heterocycles. The molecule has 0 saturated carbocycles. The molecule has 5 nitrogen and oxygen atoms in total. The molecule has 2 amide bonds. The fraction of sp³-hybridized carbons (Fsp3) is 0.367. The number of benzene rings is 3. The van der Waals surface area contributed by atoms with Gasteiger partial charge in [-0.05, 0) is 48.4 Å². The highest BCUT2D eigenvalue weighted by atomic mass is 16.2. The third-order valence-electron chi connectivity index (χ3n) is 7.61. The molecular weight excluding hydrogens is 436 g/mol. The van der Waals surface area contributed by atoms with Gasteiger partial charge in [0.2, 0.25) is 11.8 Å². The van der Waals surface area contributed by atoms with Crippen molar-refractivity contribution in [1.82, 2.24) is 10.2 Å². The minimum Gasteiger partial charge on any atom is -0.350 e. The van der Waals surface area contributed by atoms with Crippen LogP contribution >= 0.6 is 0 Å². The van der Waals surface area contributed by atoms with Gasteiger partial charge in [-0.1, -0.05) is 72.8 Å². The molecule has 0 aromatic heterocycles. The first-order valence-electron chi connectivity index (χ1n) is 12.7. The van der Waals surface area contributed by atoms with Crippen molar-refractivity contribution < 1.29 is 14.4 Å². The summed E-state index contributed by atoms with van der Waals surface area (Å²) in [6.45, 7) is 1.18. The number of carbonyl (C=O) groups is 3. The zero-order valence-corrected chi connectivity index (χ0v) is 20.0. The Morgan fingerprint density at radius 2 is 1.74 bits per heavy atom. The maximum absolute atomic E-state index is 13.2. The molecule has 2 saturated heterocycles. The molecule has 0 unspecified atom stereocenters. The lowest BCUT2D eigenvalue weighted by molar-refractivity contribution is -0.133. The number of hydrogen-bond acceptors (Lipinski definition) is 3. The van der Waals surface area contributed by atoms with Crippen LogP contribution in [0.3, 0.4) is 0 Å². The summed E-state index contributed by atoms with van der Waals surface area (Å²) in [4.78, 5) is 40.2. The van der Waals surface area contributed by atoms with E-state index >= 15 is 0 Å². The van der Waals surface area contributed by atoms with Gasteiger partial charge in [0.1, 0.15) is 0 Å². The van der Waals surface area contributed by atoms with Crippen LogP contribution in [0.1, 0.15) is 54.4 Å². The predicted octanol–water partition coefficient (Wildman–Crippen LogP) is 4.93. The first-order chi connectivity index (χ1) is 17.0. The second-order valence-electron chi connectivity index (χ2n) is 10.1. The molecule has 0 radical (unpaired) electrons. The largest absolute Gasteiger partial charge is 0.350 e. The second-order valence-corrected chi connectivity index (χ2v) is 10.1. The van der Waals surface area contributed by atoms with E-state index in [1.165, 1.54) is 16.3 Å². The molecule has 2 heterocycles. The van der Waals surface area contributed by atoms with Gasteiger partial charge in [0.15, 0.2) is 5.78 Å². The number of fused-ring (bicyclic) bond motifs is 1. The van der Waals surface area contributed by atoms with Crippen molar-refractivity contribution >= 4 is 28.4 Å². The van der Waals surface area contributed by atoms with E-state index in [9.17, 15) is 14.4 Å². The lowest BCUT2D eigenvalue weighted by atomic mass is 9.84. The minimum atomic E-state index is -0.399. The first kappa shape index (κ1) is 23.3. The third kappa shape index (κ3) is 5.29. The van der Waals surface area contributed by atoms with E-state index in [1.807, 2.05) is 47.4 Å². The molecule has 35 heavy (non-hydrogen) atoms. The Hall–Kier alpha value is -3.47. The van der Waals surface area contributed by atoms with Crippen LogP contribution in [0, 0.1) is 5.92 Å². The zero-order valence-electron chi connectivity index (χ0n) is 20.0. The van der Waals surface area contributed by atoms with E-state index < -0.39 is 5.54 Å². The molecule has 1 N–H and O–H groups in total. The van der Waals surface area contributed by atoms with Crippen LogP contribution in [0.25, 0.3) is 10.8 Å². The van der Waals surface area contributed by atoms with E-state index in [-0.39, 0.29) is 23.5 Å². The quantitative estimate of drug-likeness (QED) is 0.500. The number of ketones is 1. The van der Waals surface area contributed by atoms with Crippen LogP contribution < -0.4 is 5.32 Å². The third-order valence-corrected chi connectivity index (χ3v) is 7.61. The van der Waals surface area contributed by atoms with Gasteiger partial charge in [-0.15, -0.1) is 0 Å². The fourth-order valence-corrected chi connectivity index (χ4v) is 5.68. The number of nitrogens with zero attached hydrogens (tertiary/aromatic N) is 1. The number of nitrogens with one attached hydrogen (secondary N) is 1. The van der Waals surface area contributed by atoms with Crippen LogP contribution in [0.15, 0.2) is 72.8 Å². The first-order valence-corrected chi connectivity index (χ1v) is 12.7. The van der Waals surface area contributed by atoms with Crippen molar-refractivity contribution in [3.8, 4) is 0 Å². The maximum atomic E-state index is 13.2. The Balaban J connectivity index is 1.24. The number of amides is 2. The number of piperidine rings is 1. The Morgan fingerprint density at radius 1 is 0.971 bits per heavy atom. The van der Waals surface area contributed by atoms with Gasteiger partial charge < -0.3 is 10.2 Å². The van der Waals surface area contributed by atoms with Gasteiger partial charge in [0.25, 0.3) is 0 Å². The van der Waals surface area contributed by atoms with E-state index in [1.54, 1.807) is 0 Å². The summed E-state index contributed by atoms with van der Waals surface area (Å²) in [7, 11) is 0. The predicted molar refractivity (Wildman–Crippen MR) is 137 cm³/mol. The Labute approximate surface area is 206 Å². The highest BCUT2D eigenvalue weighted by Gasteiger charge is 2.38. The number of carbonyl (C=O) groups excluding carboxylic acids is 3. The van der Waals surface area contributed by atoms with Crippen LogP contribution in [0.4, 0.5) is 0 Å². The molecule has 0 spiro atoms. The summed E-state index contributed by atoms with van der Waals surface area (Å²) in [5.74, 6) is 0.117. The van der Waals surface area contributed by atoms with Crippen LogP contribution in [-0.2, 0) is 16.0 Å². The highest BCUT2D eigenvalue weighted by Crippen LogP contribution is 2.31. The van der Waals surface area contributed by atoms with Crippen molar-refractivity contribution in [2.24, 2.45) is 5.92 Å². The molecule has 3 aromatic rings. The smallest absolute Gasteiger partial charge is 0.222 e. The van der Waals surface area contributed by atoms with Crippen molar-refractivity contribution in [3.63, 3.8) is 0 Å². The molecule has 5 heteroatoms. The van der Waals surface area contributed by atoms with Gasteiger partial charge in [-0.3, -0.25) is 14.4 Å². The summed E-state index contributed by atoms with van der Waals surface area (Å²) >= 11 is 0. The summed E-state index contributed by atoms with van der Waals surface area (Å²) in [5, 5.41) is 5.59. The maximum Gasteiger partial charge on any atom is 0.222 e. The Morgan fingerprint density at radius 3 is 2.51 bits per heavy atom. The van der Waals surface area contributed by atoms with Crippen molar-refractivity contribution in [2.75, 3.05) is 13.1 Å². The number of Topliss-reactive ketones (excluding diaryl/α,β-unsaturated/α-hetero) is 1. The van der Waals surface area contributed by atoms with E-state index in [0.29, 0.717) is 38.8 Å². The van der Waals surface area contributed by atoms with E-state index in [2.05, 4.69) is 35.6 Å². The van der Waals surface area contributed by atoms with Crippen molar-refractivity contribution in [1.29, 1.82) is 0 Å². The van der Waals surface area contributed by atoms with E-state index in [0.717, 1.165) is 24.8 Å². The number of hydrogen-bond donors (Lipinski definition) is 1. The molecule has 5 rings (SSSR count). The molecule has 0 bridgehead atoms. The molecule has 2 aliphatic rings. The van der Waals surface area contributed by atoms with E-state index in [4.69, 9.17) is 0 Å². The average Bonchev–Trinajstić information content (AvgIpc) is 3.27. The number of rotatable bonds is 7. The molecule has 180 valence electrons. The molecular formula is C30H32N2O3. The summed E-state index contributed by atoms with van der Waals surface area (Å²) < 4.78 is 0. The van der Waals surface area contributed by atoms with Crippen LogP contribution in [-0.4, -0.2) is 41.1 Å². The van der Waals surface area contributed by atoms with Gasteiger partial charge in [0.05, 0.1) is 0 Å². The Kier molecular flexibility index (Phi) is 6.67. The lowest BCUT2D eigenvalue weighted by Gasteiger charge is -2.34. The van der Waals surface area contributed by atoms with Gasteiger partial charge in [0, 0.05) is 43.0 Å². The highest BCUT2D eigenvalue weighted by molar-refractivity contribution is 5.98. The summed E-state index contributed by atoms with van der Waals surface area (Å²) in [5.41, 5.74) is 1.49. The molecule has 2 atom stereocenters. The standard InChI is InChI=1S/C30H32N2O3/c33-27-14-16-30(31-27,20-22-12-13-23-7-4-5-10-25(23)19-22)17-15-28(34)32-18-6-11-26(21-32)29(35)24-8-2-1-3-9-24/h1-5,7-10,12-13,19,26H,6,11,14-18,20-21H2,(H,31,33)/t26-,30-/m1/s1. The molecule has 0 aliphatic carbocycles. The van der Waals surface area contributed by atoms with Crippen molar-refractivity contribution in [2.45, 2.75) is 50.5 Å². The normalized spacial score (nSPS) is 22.2. The number of likely N-dealkylation sites (tertiary alicyclic amines) is 1. The minimum absolute atomic E-state index is 0.0599. The van der Waals surface area contributed by atoms with Crippen LogP contribution in [0.2, 0.25) is 0 Å². The second kappa shape index (κ2) is 10.0. The summed E-state index contributed by atoms with van der Waals surface area (Å²) in [6.07, 6.45) is 4.60. The SMILES string of the molecule is O=C1CC[C@@](CCC(=O)N2CCC[C@@H](C(=O)c3ccccc3)C2)(Cc2ccc3ccccc3c2)N1. The fourth-order valence-electron chi connectivity index (χ4n) is 5.68. The lowest BCUT2D eigenvalue weighted by Crippen LogP contribution is -2.46. The molecule has 2 fully saturated rings. The Bertz CT molecular complexity index is 1240. The molecule has 3 aromatic carbocycles. The van der Waals surface area contributed by atoms with Gasteiger partial charge in [-0.25, -0.2) is 0 Å².